The van der Waals surface area contributed by atoms with Gasteiger partial charge >= 0.3 is 41.8 Å². The quantitative estimate of drug-likeness (QED) is 0.0227. The Kier molecular flexibility index (Phi) is 20.6. The zero-order chi connectivity index (χ0) is 49.3. The van der Waals surface area contributed by atoms with E-state index < -0.39 is 41.7 Å². The molecule has 69 heavy (non-hydrogen) atoms. The third-order valence-corrected chi connectivity index (χ3v) is 15.6. The monoisotopic (exact) mass is 995 g/mol. The molecule has 1 aromatic carbocycles. The van der Waals surface area contributed by atoms with Crippen LogP contribution in [0.1, 0.15) is 122 Å². The van der Waals surface area contributed by atoms with Crippen molar-refractivity contribution in [1.29, 1.82) is 0 Å². The summed E-state index contributed by atoms with van der Waals surface area (Å²) in [5, 5.41) is 0. The zero-order valence-corrected chi connectivity index (χ0v) is 40.6. The van der Waals surface area contributed by atoms with Gasteiger partial charge in [-0.15, -0.1) is 0 Å². The van der Waals surface area contributed by atoms with Crippen molar-refractivity contribution >= 4 is 65.3 Å². The molecular formula is C50H61NO16S2. The van der Waals surface area contributed by atoms with Gasteiger partial charge in [0, 0.05) is 12.2 Å². The summed E-state index contributed by atoms with van der Waals surface area (Å²) in [7, 11) is 0. The fourth-order valence-corrected chi connectivity index (χ4v) is 11.4. The van der Waals surface area contributed by atoms with Crippen molar-refractivity contribution in [1.82, 2.24) is 0 Å². The highest BCUT2D eigenvalue weighted by atomic mass is 32.2. The third kappa shape index (κ3) is 15.4. The predicted octanol–water partition coefficient (Wildman–Crippen LogP) is 8.86. The van der Waals surface area contributed by atoms with Crippen LogP contribution in [0.2, 0.25) is 0 Å². The highest BCUT2D eigenvalue weighted by molar-refractivity contribution is 8.24. The second kappa shape index (κ2) is 26.7. The fourth-order valence-electron chi connectivity index (χ4n) is 8.90. The Morgan fingerprint density at radius 1 is 0.580 bits per heavy atom. The molecule has 374 valence electrons. The highest BCUT2D eigenvalue weighted by Crippen LogP contribution is 2.59. The van der Waals surface area contributed by atoms with Crippen molar-refractivity contribution in [2.45, 2.75) is 157 Å². The Morgan fingerprint density at radius 3 is 1.32 bits per heavy atom. The topological polar surface area (TPSA) is 207 Å². The average Bonchev–Trinajstić information content (AvgIpc) is 3.81. The molecule has 17 nitrogen and oxygen atoms in total. The molecular weight excluding hydrogens is 935 g/mol. The number of ether oxygens (including phenoxy) is 9. The largest absolute Gasteiger partial charge is 0.471 e. The lowest BCUT2D eigenvalue weighted by atomic mass is 9.82. The van der Waals surface area contributed by atoms with E-state index in [1.54, 1.807) is 0 Å². The lowest BCUT2D eigenvalue weighted by Gasteiger charge is -2.31. The van der Waals surface area contributed by atoms with Crippen LogP contribution in [0, 0.1) is 30.2 Å². The SMILES string of the molecule is [C-]#[N+]C(C(=O)OCCCC)=C1Sc2c(OC(=O)C3CCC(C(=O)OC4CCC(OCOC(=O)C=C)CC4)CC3)ccc(OC(=O)C3CCC(C(=O)OC4CCC(OCOC(=O)C=C)CC4)CC3)c2S1. The lowest BCUT2D eigenvalue weighted by Crippen LogP contribution is -2.33. The number of fused-ring (bicyclic) bond motifs is 1. The molecule has 5 aliphatic rings. The number of benzene rings is 1. The number of unbranched alkanes of at least 4 members (excludes halogenated alkanes) is 1. The van der Waals surface area contributed by atoms with Gasteiger partial charge in [-0.25, -0.2) is 14.4 Å². The summed E-state index contributed by atoms with van der Waals surface area (Å²) >= 11 is 2.13. The van der Waals surface area contributed by atoms with Crippen LogP contribution in [0.3, 0.4) is 0 Å². The molecule has 4 fully saturated rings. The highest BCUT2D eigenvalue weighted by Gasteiger charge is 2.38. The van der Waals surface area contributed by atoms with E-state index in [2.05, 4.69) is 18.0 Å². The number of rotatable bonds is 20. The van der Waals surface area contributed by atoms with Crippen molar-refractivity contribution in [2.75, 3.05) is 20.2 Å². The number of nitrogens with zero attached hydrogens (tertiary/aromatic N) is 1. The van der Waals surface area contributed by atoms with Crippen LogP contribution in [0.25, 0.3) is 4.85 Å². The van der Waals surface area contributed by atoms with Gasteiger partial charge in [-0.3, -0.25) is 24.0 Å². The van der Waals surface area contributed by atoms with Crippen LogP contribution >= 0.6 is 23.5 Å². The molecule has 1 aromatic rings. The van der Waals surface area contributed by atoms with Gasteiger partial charge in [0.05, 0.1) is 63.1 Å². The molecule has 0 amide bonds. The van der Waals surface area contributed by atoms with Crippen LogP contribution < -0.4 is 9.47 Å². The van der Waals surface area contributed by atoms with E-state index in [9.17, 15) is 33.6 Å². The van der Waals surface area contributed by atoms with E-state index in [1.807, 2.05) is 6.92 Å². The number of carbonyl (C=O) groups is 7. The van der Waals surface area contributed by atoms with Gasteiger partial charge in [-0.1, -0.05) is 50.0 Å². The predicted molar refractivity (Wildman–Crippen MR) is 249 cm³/mol. The number of esters is 7. The first-order valence-corrected chi connectivity index (χ1v) is 25.5. The maximum Gasteiger partial charge on any atom is 0.338 e. The first-order valence-electron chi connectivity index (χ1n) is 23.9. The molecule has 0 aromatic heterocycles. The molecule has 0 saturated heterocycles. The molecule has 0 unspecified atom stereocenters. The number of hydrogen-bond acceptors (Lipinski definition) is 18. The summed E-state index contributed by atoms with van der Waals surface area (Å²) in [4.78, 5) is 93.6. The average molecular weight is 996 g/mol. The van der Waals surface area contributed by atoms with Gasteiger partial charge in [0.2, 0.25) is 0 Å². The molecule has 0 radical (unpaired) electrons. The van der Waals surface area contributed by atoms with Gasteiger partial charge in [-0.05, 0) is 121 Å². The molecule has 1 aliphatic heterocycles. The number of carbonyl (C=O) groups excluding carboxylic acids is 7. The first kappa shape index (κ1) is 53.2. The van der Waals surface area contributed by atoms with Crippen LogP contribution in [0.4, 0.5) is 0 Å². The molecule has 6 rings (SSSR count). The van der Waals surface area contributed by atoms with Crippen molar-refractivity contribution in [3.63, 3.8) is 0 Å². The molecule has 4 saturated carbocycles. The second-order valence-corrected chi connectivity index (χ2v) is 20.0. The summed E-state index contributed by atoms with van der Waals surface area (Å²) in [6.07, 6.45) is 11.5. The lowest BCUT2D eigenvalue weighted by molar-refractivity contribution is -0.165. The van der Waals surface area contributed by atoms with Gasteiger partial charge < -0.3 is 42.6 Å². The van der Waals surface area contributed by atoms with Crippen molar-refractivity contribution in [3.05, 3.63) is 58.8 Å². The van der Waals surface area contributed by atoms with E-state index in [0.29, 0.717) is 123 Å². The minimum absolute atomic E-state index is 0.0974. The van der Waals surface area contributed by atoms with E-state index >= 15 is 0 Å². The zero-order valence-electron chi connectivity index (χ0n) is 39.0. The summed E-state index contributed by atoms with van der Waals surface area (Å²) in [5.74, 6) is -4.76. The van der Waals surface area contributed by atoms with E-state index in [1.165, 1.54) is 12.1 Å². The van der Waals surface area contributed by atoms with Crippen molar-refractivity contribution < 1.29 is 76.2 Å². The number of hydrogen-bond donors (Lipinski definition) is 0. The van der Waals surface area contributed by atoms with Gasteiger partial charge in [0.1, 0.15) is 23.7 Å². The standard InChI is InChI=1S/C50H61NO16S2/c1-5-8-27-59-49(58)42(51-4)50-68-43-38(66-47(56)32-13-9-30(10-14-32)45(54)64-36-21-17-34(18-22-36)60-28-62-40(52)6-2)25-26-39(44(43)69-50)67-48(57)33-15-11-31(12-16-33)46(55)65-37-23-19-35(20-24-37)61-29-63-41(53)7-3/h6-7,25-26,30-37H,2-3,5,8-24,27-29H2,1H3. The Labute approximate surface area is 410 Å². The number of thioether (sulfide) groups is 2. The second-order valence-electron chi connectivity index (χ2n) is 17.7. The van der Waals surface area contributed by atoms with Gasteiger partial charge in [0.15, 0.2) is 13.6 Å². The normalized spacial score (nSPS) is 25.3. The van der Waals surface area contributed by atoms with Crippen molar-refractivity contribution in [2.24, 2.45) is 23.7 Å². The van der Waals surface area contributed by atoms with Crippen molar-refractivity contribution in [3.8, 4) is 11.5 Å². The Hall–Kier alpha value is -5.16. The third-order valence-electron chi connectivity index (χ3n) is 13.0. The smallest absolute Gasteiger partial charge is 0.338 e. The molecule has 0 atom stereocenters. The van der Waals surface area contributed by atoms with Gasteiger partial charge in [0.25, 0.3) is 5.70 Å². The van der Waals surface area contributed by atoms with E-state index in [0.717, 1.165) is 42.1 Å². The van der Waals surface area contributed by atoms with Gasteiger partial charge in [-0.2, -0.15) is 0 Å². The molecule has 0 N–H and O–H groups in total. The van der Waals surface area contributed by atoms with E-state index in [4.69, 9.17) is 49.2 Å². The maximum atomic E-state index is 13.7. The first-order chi connectivity index (χ1) is 33.4. The van der Waals surface area contributed by atoms with E-state index in [-0.39, 0.29) is 85.6 Å². The Balaban J connectivity index is 1.01. The summed E-state index contributed by atoms with van der Waals surface area (Å²) < 4.78 is 50.4. The molecule has 0 spiro atoms. The Bertz CT molecular complexity index is 1990. The van der Waals surface area contributed by atoms with Crippen LogP contribution in [-0.2, 0) is 66.7 Å². The maximum absolute atomic E-state index is 13.7. The minimum atomic E-state index is -0.778. The molecule has 19 heteroatoms. The minimum Gasteiger partial charge on any atom is -0.471 e. The van der Waals surface area contributed by atoms with Crippen LogP contribution in [-0.4, -0.2) is 86.4 Å². The van der Waals surface area contributed by atoms with Crippen LogP contribution in [0.5, 0.6) is 11.5 Å². The fraction of sp³-hybridized carbons (Fsp3) is 0.600. The summed E-state index contributed by atoms with van der Waals surface area (Å²) in [6.45, 7) is 16.3. The molecule has 1 heterocycles. The summed E-state index contributed by atoms with van der Waals surface area (Å²) in [6, 6.07) is 3.07. The van der Waals surface area contributed by atoms with Crippen LogP contribution in [0.15, 0.2) is 57.2 Å². The molecule has 0 bridgehead atoms. The molecule has 4 aliphatic carbocycles. The summed E-state index contributed by atoms with van der Waals surface area (Å²) in [5.41, 5.74) is -0.233. The Morgan fingerprint density at radius 2 is 0.957 bits per heavy atom.